The van der Waals surface area contributed by atoms with Gasteiger partial charge in [0, 0.05) is 25.2 Å². The van der Waals surface area contributed by atoms with Crippen molar-refractivity contribution in [2.45, 2.75) is 18.3 Å². The maximum Gasteiger partial charge on any atom is 0.321 e. The molecule has 1 fully saturated rings. The Morgan fingerprint density at radius 2 is 2.04 bits per heavy atom. The SMILES string of the molecule is Cn1nnc(NC(=O)NCC2(c3ccccc3)CCOCC2)n1. The van der Waals surface area contributed by atoms with Gasteiger partial charge >= 0.3 is 6.03 Å². The average molecular weight is 316 g/mol. The van der Waals surface area contributed by atoms with Gasteiger partial charge in [0.1, 0.15) is 0 Å². The van der Waals surface area contributed by atoms with Crippen molar-refractivity contribution in [1.29, 1.82) is 0 Å². The predicted molar refractivity (Wildman–Crippen MR) is 84.0 cm³/mol. The van der Waals surface area contributed by atoms with E-state index in [4.69, 9.17) is 4.74 Å². The molecular formula is C15H20N6O2. The number of carbonyl (C=O) groups excluding carboxylic acids is 1. The van der Waals surface area contributed by atoms with E-state index in [0.717, 1.165) is 12.8 Å². The van der Waals surface area contributed by atoms with Crippen molar-refractivity contribution in [2.75, 3.05) is 25.1 Å². The molecule has 0 aliphatic carbocycles. The third-order valence-corrected chi connectivity index (χ3v) is 4.16. The van der Waals surface area contributed by atoms with Gasteiger partial charge in [-0.05, 0) is 23.6 Å². The summed E-state index contributed by atoms with van der Waals surface area (Å²) in [6, 6.07) is 9.92. The Kier molecular flexibility index (Phi) is 4.52. The van der Waals surface area contributed by atoms with Gasteiger partial charge < -0.3 is 10.1 Å². The van der Waals surface area contributed by atoms with E-state index in [9.17, 15) is 4.79 Å². The molecule has 1 aromatic carbocycles. The van der Waals surface area contributed by atoms with Gasteiger partial charge in [0.2, 0.25) is 0 Å². The van der Waals surface area contributed by atoms with Gasteiger partial charge in [0.15, 0.2) is 0 Å². The standard InChI is InChI=1S/C15H20N6O2/c1-21-19-13(18-20-21)17-14(22)16-11-15(7-9-23-10-8-15)12-5-3-2-4-6-12/h2-6H,7-11H2,1H3,(H2,16,17,19,22). The van der Waals surface area contributed by atoms with Crippen molar-refractivity contribution in [3.63, 3.8) is 0 Å². The third-order valence-electron chi connectivity index (χ3n) is 4.16. The number of amides is 2. The summed E-state index contributed by atoms with van der Waals surface area (Å²) < 4.78 is 5.49. The molecule has 8 heteroatoms. The van der Waals surface area contributed by atoms with Crippen LogP contribution in [0.3, 0.4) is 0 Å². The molecule has 0 radical (unpaired) electrons. The van der Waals surface area contributed by atoms with Crippen molar-refractivity contribution in [2.24, 2.45) is 7.05 Å². The number of carbonyl (C=O) groups is 1. The van der Waals surface area contributed by atoms with Crippen LogP contribution in [0.15, 0.2) is 30.3 Å². The third kappa shape index (κ3) is 3.65. The minimum absolute atomic E-state index is 0.105. The number of urea groups is 1. The fourth-order valence-corrected chi connectivity index (χ4v) is 2.85. The molecule has 3 rings (SSSR count). The molecule has 0 atom stereocenters. The fraction of sp³-hybridized carbons (Fsp3) is 0.467. The normalized spacial score (nSPS) is 16.7. The minimum atomic E-state index is -0.334. The Hall–Kier alpha value is -2.48. The van der Waals surface area contributed by atoms with E-state index >= 15 is 0 Å². The molecule has 1 aliphatic rings. The molecular weight excluding hydrogens is 296 g/mol. The lowest BCUT2D eigenvalue weighted by Gasteiger charge is -2.37. The predicted octanol–water partition coefficient (Wildman–Crippen LogP) is 1.08. The Morgan fingerprint density at radius 1 is 1.30 bits per heavy atom. The second-order valence-electron chi connectivity index (χ2n) is 5.67. The lowest BCUT2D eigenvalue weighted by Crippen LogP contribution is -2.45. The molecule has 8 nitrogen and oxygen atoms in total. The molecule has 1 saturated heterocycles. The monoisotopic (exact) mass is 316 g/mol. The second kappa shape index (κ2) is 6.74. The van der Waals surface area contributed by atoms with Crippen LogP contribution in [0.4, 0.5) is 10.7 Å². The first-order valence-electron chi connectivity index (χ1n) is 7.60. The molecule has 2 N–H and O–H groups in total. The smallest absolute Gasteiger partial charge is 0.321 e. The van der Waals surface area contributed by atoms with Gasteiger partial charge in [0.05, 0.1) is 7.05 Å². The zero-order chi connectivity index (χ0) is 16.1. The zero-order valence-corrected chi connectivity index (χ0v) is 13.0. The molecule has 0 bridgehead atoms. The van der Waals surface area contributed by atoms with Crippen LogP contribution >= 0.6 is 0 Å². The first-order valence-corrected chi connectivity index (χ1v) is 7.60. The second-order valence-corrected chi connectivity index (χ2v) is 5.67. The highest BCUT2D eigenvalue weighted by Gasteiger charge is 2.34. The Bertz CT molecular complexity index is 651. The van der Waals surface area contributed by atoms with Gasteiger partial charge in [-0.15, -0.1) is 5.10 Å². The number of anilines is 1. The largest absolute Gasteiger partial charge is 0.381 e. The van der Waals surface area contributed by atoms with Gasteiger partial charge in [-0.1, -0.05) is 35.4 Å². The maximum absolute atomic E-state index is 12.1. The molecule has 2 aromatic rings. The van der Waals surface area contributed by atoms with Crippen LogP contribution < -0.4 is 10.6 Å². The van der Waals surface area contributed by atoms with E-state index in [1.54, 1.807) is 7.05 Å². The quantitative estimate of drug-likeness (QED) is 0.880. The number of tetrazole rings is 1. The molecule has 0 unspecified atom stereocenters. The summed E-state index contributed by atoms with van der Waals surface area (Å²) in [4.78, 5) is 13.4. The molecule has 2 amide bonds. The summed E-state index contributed by atoms with van der Waals surface area (Å²) in [5, 5.41) is 16.8. The summed E-state index contributed by atoms with van der Waals surface area (Å²) in [6.07, 6.45) is 1.75. The van der Waals surface area contributed by atoms with Crippen LogP contribution in [0, 0.1) is 0 Å². The van der Waals surface area contributed by atoms with Crippen molar-refractivity contribution in [1.82, 2.24) is 25.5 Å². The Balaban J connectivity index is 1.66. The average Bonchev–Trinajstić information content (AvgIpc) is 2.99. The number of nitrogens with one attached hydrogen (secondary N) is 2. The number of benzene rings is 1. The number of aromatic nitrogens is 4. The zero-order valence-electron chi connectivity index (χ0n) is 13.0. The van der Waals surface area contributed by atoms with Crippen LogP contribution in [0.25, 0.3) is 0 Å². The van der Waals surface area contributed by atoms with Crippen molar-refractivity contribution >= 4 is 12.0 Å². The summed E-state index contributed by atoms with van der Waals surface area (Å²) >= 11 is 0. The van der Waals surface area contributed by atoms with Gasteiger partial charge in [0.25, 0.3) is 5.95 Å². The van der Waals surface area contributed by atoms with Crippen molar-refractivity contribution in [3.05, 3.63) is 35.9 Å². The van der Waals surface area contributed by atoms with Gasteiger partial charge in [-0.3, -0.25) is 5.32 Å². The molecule has 0 spiro atoms. The van der Waals surface area contributed by atoms with E-state index in [0.29, 0.717) is 19.8 Å². The van der Waals surface area contributed by atoms with E-state index in [-0.39, 0.29) is 17.4 Å². The van der Waals surface area contributed by atoms with Crippen LogP contribution in [-0.4, -0.2) is 46.0 Å². The van der Waals surface area contributed by atoms with Crippen molar-refractivity contribution in [3.8, 4) is 0 Å². The molecule has 122 valence electrons. The molecule has 1 aromatic heterocycles. The van der Waals surface area contributed by atoms with Crippen LogP contribution in [0.5, 0.6) is 0 Å². The number of rotatable bonds is 4. The topological polar surface area (TPSA) is 94.0 Å². The Morgan fingerprint density at radius 3 is 2.70 bits per heavy atom. The molecule has 0 saturated carbocycles. The minimum Gasteiger partial charge on any atom is -0.381 e. The molecule has 2 heterocycles. The van der Waals surface area contributed by atoms with Gasteiger partial charge in [-0.25, -0.2) is 4.79 Å². The first kappa shape index (κ1) is 15.4. The van der Waals surface area contributed by atoms with E-state index < -0.39 is 0 Å². The fourth-order valence-electron chi connectivity index (χ4n) is 2.85. The maximum atomic E-state index is 12.1. The number of ether oxygens (including phenoxy) is 1. The first-order chi connectivity index (χ1) is 11.2. The Labute approximate surface area is 134 Å². The lowest BCUT2D eigenvalue weighted by molar-refractivity contribution is 0.0508. The van der Waals surface area contributed by atoms with E-state index in [1.807, 2.05) is 18.2 Å². The highest BCUT2D eigenvalue weighted by atomic mass is 16.5. The van der Waals surface area contributed by atoms with E-state index in [1.165, 1.54) is 10.4 Å². The van der Waals surface area contributed by atoms with Crippen molar-refractivity contribution < 1.29 is 9.53 Å². The number of nitrogens with zero attached hydrogens (tertiary/aromatic N) is 4. The summed E-state index contributed by atoms with van der Waals surface area (Å²) in [6.45, 7) is 1.93. The summed E-state index contributed by atoms with van der Waals surface area (Å²) in [7, 11) is 1.64. The number of hydrogen-bond acceptors (Lipinski definition) is 5. The lowest BCUT2D eigenvalue weighted by atomic mass is 9.74. The summed E-state index contributed by atoms with van der Waals surface area (Å²) in [5.74, 6) is 0.186. The van der Waals surface area contributed by atoms with Gasteiger partial charge in [-0.2, -0.15) is 4.80 Å². The van der Waals surface area contributed by atoms with Crippen LogP contribution in [0.2, 0.25) is 0 Å². The highest BCUT2D eigenvalue weighted by Crippen LogP contribution is 2.34. The number of hydrogen-bond donors (Lipinski definition) is 2. The molecule has 23 heavy (non-hydrogen) atoms. The van der Waals surface area contributed by atoms with Crippen LogP contribution in [0.1, 0.15) is 18.4 Å². The van der Waals surface area contributed by atoms with E-state index in [2.05, 4.69) is 38.2 Å². The number of aryl methyl sites for hydroxylation is 1. The summed E-state index contributed by atoms with van der Waals surface area (Å²) in [5.41, 5.74) is 1.12. The molecule has 1 aliphatic heterocycles. The highest BCUT2D eigenvalue weighted by molar-refractivity contribution is 5.87. The van der Waals surface area contributed by atoms with Crippen LogP contribution in [-0.2, 0) is 17.2 Å².